The number of anilines is 1. The quantitative estimate of drug-likeness (QED) is 0.764. The summed E-state index contributed by atoms with van der Waals surface area (Å²) in [5.74, 6) is -1.57. The second-order valence-electron chi connectivity index (χ2n) is 4.79. The lowest BCUT2D eigenvalue weighted by Gasteiger charge is -2.12. The smallest absolute Gasteiger partial charge is 0.277 e. The molecule has 3 rings (SSSR count). The Morgan fingerprint density at radius 1 is 1.08 bits per heavy atom. The van der Waals surface area contributed by atoms with Crippen LogP contribution in [0.15, 0.2) is 59.9 Å². The highest BCUT2D eigenvalue weighted by atomic mass is 35.5. The summed E-state index contributed by atoms with van der Waals surface area (Å²) in [6.07, 6.45) is 2.93. The summed E-state index contributed by atoms with van der Waals surface area (Å²) < 4.78 is 55.0. The zero-order chi connectivity index (χ0) is 17.3. The Balaban J connectivity index is 2.03. The Morgan fingerprint density at radius 3 is 2.46 bits per heavy atom. The number of aromatic nitrogens is 2. The second-order valence-corrected chi connectivity index (χ2v) is 6.83. The van der Waals surface area contributed by atoms with Crippen molar-refractivity contribution in [2.45, 2.75) is 5.03 Å². The fourth-order valence-corrected chi connectivity index (χ4v) is 3.54. The van der Waals surface area contributed by atoms with Gasteiger partial charge in [-0.25, -0.2) is 13.8 Å². The van der Waals surface area contributed by atoms with Gasteiger partial charge in [0.1, 0.15) is 11.6 Å². The first kappa shape index (κ1) is 16.4. The largest absolute Gasteiger partial charge is 0.289 e. The van der Waals surface area contributed by atoms with Crippen molar-refractivity contribution in [3.05, 3.63) is 71.5 Å². The van der Waals surface area contributed by atoms with Gasteiger partial charge in [-0.15, -0.1) is 0 Å². The predicted molar refractivity (Wildman–Crippen MR) is 85.7 cm³/mol. The monoisotopic (exact) mass is 369 g/mol. The Morgan fingerprint density at radius 2 is 1.79 bits per heavy atom. The topological polar surface area (TPSA) is 64.0 Å². The average Bonchev–Trinajstić information content (AvgIpc) is 2.96. The van der Waals surface area contributed by atoms with E-state index in [1.807, 2.05) is 0 Å². The number of hydrogen-bond acceptors (Lipinski definition) is 3. The van der Waals surface area contributed by atoms with Gasteiger partial charge in [-0.1, -0.05) is 11.6 Å². The molecular formula is C15H10ClF2N3O2S. The van der Waals surface area contributed by atoms with E-state index in [1.54, 1.807) is 12.1 Å². The number of halogens is 3. The minimum atomic E-state index is -4.12. The summed E-state index contributed by atoms with van der Waals surface area (Å²) in [5, 5.41) is 0.0784. The van der Waals surface area contributed by atoms with E-state index in [-0.39, 0.29) is 21.6 Å². The summed E-state index contributed by atoms with van der Waals surface area (Å²) in [5.41, 5.74) is -0.229. The third-order valence-electron chi connectivity index (χ3n) is 3.07. The van der Waals surface area contributed by atoms with Gasteiger partial charge in [0.25, 0.3) is 10.0 Å². The Bertz CT molecular complexity index is 985. The molecule has 0 saturated carbocycles. The molecule has 0 aliphatic rings. The normalized spacial score (nSPS) is 11.5. The molecule has 3 aromatic rings. The predicted octanol–water partition coefficient (Wildman–Crippen LogP) is 3.60. The van der Waals surface area contributed by atoms with Gasteiger partial charge < -0.3 is 0 Å². The number of pyridine rings is 1. The van der Waals surface area contributed by atoms with Crippen molar-refractivity contribution >= 4 is 27.3 Å². The molecule has 0 aliphatic carbocycles. The molecule has 0 spiro atoms. The van der Waals surface area contributed by atoms with E-state index in [0.29, 0.717) is 6.07 Å². The van der Waals surface area contributed by atoms with Crippen LogP contribution in [0.5, 0.6) is 0 Å². The molecule has 9 heteroatoms. The van der Waals surface area contributed by atoms with Crippen LogP contribution in [0.4, 0.5) is 14.5 Å². The van der Waals surface area contributed by atoms with Crippen LogP contribution in [-0.4, -0.2) is 18.0 Å². The zero-order valence-electron chi connectivity index (χ0n) is 11.9. The van der Waals surface area contributed by atoms with Gasteiger partial charge in [0.2, 0.25) is 0 Å². The first-order valence-electron chi connectivity index (χ1n) is 6.64. The highest BCUT2D eigenvalue weighted by Gasteiger charge is 2.21. The highest BCUT2D eigenvalue weighted by molar-refractivity contribution is 7.92. The van der Waals surface area contributed by atoms with Crippen molar-refractivity contribution in [1.82, 2.24) is 9.55 Å². The number of nitrogens with zero attached hydrogens (tertiary/aromatic N) is 2. The summed E-state index contributed by atoms with van der Waals surface area (Å²) >= 11 is 6.04. The molecule has 24 heavy (non-hydrogen) atoms. The van der Waals surface area contributed by atoms with E-state index >= 15 is 0 Å². The van der Waals surface area contributed by atoms with Crippen molar-refractivity contribution in [2.24, 2.45) is 0 Å². The van der Waals surface area contributed by atoms with Gasteiger partial charge in [-0.2, -0.15) is 8.42 Å². The van der Waals surface area contributed by atoms with Crippen molar-refractivity contribution in [2.75, 3.05) is 4.72 Å². The summed E-state index contributed by atoms with van der Waals surface area (Å²) in [6.45, 7) is 0. The first-order valence-corrected chi connectivity index (χ1v) is 8.50. The van der Waals surface area contributed by atoms with Gasteiger partial charge in [-0.05, 0) is 36.4 Å². The van der Waals surface area contributed by atoms with E-state index < -0.39 is 21.7 Å². The third kappa shape index (κ3) is 3.24. The van der Waals surface area contributed by atoms with Crippen molar-refractivity contribution in [3.8, 4) is 5.82 Å². The maximum atomic E-state index is 13.2. The van der Waals surface area contributed by atoms with Crippen molar-refractivity contribution in [3.63, 3.8) is 0 Å². The average molecular weight is 370 g/mol. The standard InChI is InChI=1S/C15H10ClF2N3O2S/c16-13-3-1-5-19-15(13)21-6-2-4-14(21)24(22,23)20-12-8-10(17)7-11(18)9-12/h1-9,20H. The van der Waals surface area contributed by atoms with Crippen LogP contribution >= 0.6 is 11.6 Å². The molecule has 0 amide bonds. The van der Waals surface area contributed by atoms with Crippen molar-refractivity contribution in [1.29, 1.82) is 0 Å². The van der Waals surface area contributed by atoms with Crippen LogP contribution in [0.2, 0.25) is 5.02 Å². The van der Waals surface area contributed by atoms with Crippen LogP contribution in [0.1, 0.15) is 0 Å². The number of benzene rings is 1. The van der Waals surface area contributed by atoms with Crippen LogP contribution in [0.3, 0.4) is 0 Å². The fraction of sp³-hybridized carbons (Fsp3) is 0. The highest BCUT2D eigenvalue weighted by Crippen LogP contribution is 2.24. The second kappa shape index (κ2) is 6.21. The molecule has 0 fully saturated rings. The van der Waals surface area contributed by atoms with E-state index in [0.717, 1.165) is 12.1 Å². The Kier molecular flexibility index (Phi) is 4.25. The molecule has 2 aromatic heterocycles. The summed E-state index contributed by atoms with van der Waals surface area (Å²) in [6, 6.07) is 8.39. The van der Waals surface area contributed by atoms with E-state index in [4.69, 9.17) is 11.6 Å². The lowest BCUT2D eigenvalue weighted by molar-refractivity contribution is 0.583. The minimum Gasteiger partial charge on any atom is -0.289 e. The van der Waals surface area contributed by atoms with Gasteiger partial charge >= 0.3 is 0 Å². The van der Waals surface area contributed by atoms with Gasteiger partial charge in [0.15, 0.2) is 10.8 Å². The van der Waals surface area contributed by atoms with E-state index in [9.17, 15) is 17.2 Å². The molecule has 0 atom stereocenters. The molecule has 0 saturated heterocycles. The fourth-order valence-electron chi connectivity index (χ4n) is 2.13. The SMILES string of the molecule is O=S(=O)(Nc1cc(F)cc(F)c1)c1cccn1-c1ncccc1Cl. The Labute approximate surface area is 141 Å². The molecular weight excluding hydrogens is 360 g/mol. The molecule has 1 N–H and O–H groups in total. The maximum absolute atomic E-state index is 13.2. The molecule has 5 nitrogen and oxygen atoms in total. The van der Waals surface area contributed by atoms with Gasteiger partial charge in [-0.3, -0.25) is 9.29 Å². The van der Waals surface area contributed by atoms with Crippen LogP contribution in [-0.2, 0) is 10.0 Å². The van der Waals surface area contributed by atoms with Crippen LogP contribution < -0.4 is 4.72 Å². The molecule has 2 heterocycles. The molecule has 0 radical (unpaired) electrons. The van der Waals surface area contributed by atoms with Gasteiger partial charge in [0.05, 0.1) is 10.7 Å². The lowest BCUT2D eigenvalue weighted by atomic mass is 10.3. The maximum Gasteiger partial charge on any atom is 0.277 e. The Hall–Kier alpha value is -2.45. The third-order valence-corrected chi connectivity index (χ3v) is 4.75. The molecule has 0 bridgehead atoms. The first-order chi connectivity index (χ1) is 11.4. The van der Waals surface area contributed by atoms with E-state index in [2.05, 4.69) is 9.71 Å². The summed E-state index contributed by atoms with van der Waals surface area (Å²) in [7, 11) is -4.12. The number of rotatable bonds is 4. The zero-order valence-corrected chi connectivity index (χ0v) is 13.5. The lowest BCUT2D eigenvalue weighted by Crippen LogP contribution is -2.17. The molecule has 0 aliphatic heterocycles. The number of nitrogens with one attached hydrogen (secondary N) is 1. The summed E-state index contributed by atoms with van der Waals surface area (Å²) in [4.78, 5) is 4.05. The number of hydrogen-bond donors (Lipinski definition) is 1. The van der Waals surface area contributed by atoms with Crippen LogP contribution in [0, 0.1) is 11.6 Å². The molecule has 124 valence electrons. The van der Waals surface area contributed by atoms with Crippen LogP contribution in [0.25, 0.3) is 5.82 Å². The van der Waals surface area contributed by atoms with E-state index in [1.165, 1.54) is 29.1 Å². The van der Waals surface area contributed by atoms with Gasteiger partial charge in [0, 0.05) is 18.5 Å². The number of sulfonamides is 1. The van der Waals surface area contributed by atoms with Crippen molar-refractivity contribution < 1.29 is 17.2 Å². The molecule has 0 unspecified atom stereocenters. The minimum absolute atomic E-state index is 0.173. The molecule has 1 aromatic carbocycles.